The molecule has 7 heteroatoms. The molecule has 1 amide bonds. The average molecular weight is 270 g/mol. The van der Waals surface area contributed by atoms with Gasteiger partial charge in [0.2, 0.25) is 5.91 Å². The van der Waals surface area contributed by atoms with Crippen molar-refractivity contribution in [3.63, 3.8) is 0 Å². The van der Waals surface area contributed by atoms with Crippen molar-refractivity contribution in [2.45, 2.75) is 18.6 Å². The van der Waals surface area contributed by atoms with E-state index in [1.807, 2.05) is 0 Å². The predicted molar refractivity (Wildman–Crippen MR) is 66.5 cm³/mol. The van der Waals surface area contributed by atoms with Crippen LogP contribution in [0.3, 0.4) is 0 Å². The fourth-order valence-corrected chi connectivity index (χ4v) is 3.30. The molecule has 0 spiro atoms. The van der Waals surface area contributed by atoms with Crippen LogP contribution in [0.2, 0.25) is 0 Å². The molecule has 1 aliphatic rings. The van der Waals surface area contributed by atoms with Crippen LogP contribution in [0.1, 0.15) is 23.0 Å². The summed E-state index contributed by atoms with van der Waals surface area (Å²) in [6.07, 6.45) is 2.51. The number of rotatable bonds is 3. The second kappa shape index (κ2) is 4.97. The van der Waals surface area contributed by atoms with Crippen LogP contribution in [0.25, 0.3) is 0 Å². The van der Waals surface area contributed by atoms with Crippen molar-refractivity contribution in [1.82, 2.24) is 4.98 Å². The number of thioether (sulfide) groups is 1. The van der Waals surface area contributed by atoms with E-state index in [0.29, 0.717) is 29.3 Å². The maximum atomic E-state index is 11.7. The van der Waals surface area contributed by atoms with Gasteiger partial charge in [0, 0.05) is 25.1 Å². The van der Waals surface area contributed by atoms with Crippen molar-refractivity contribution in [2.24, 2.45) is 0 Å². The summed E-state index contributed by atoms with van der Waals surface area (Å²) in [5.74, 6) is -0.0458. The van der Waals surface area contributed by atoms with Crippen LogP contribution in [0.4, 0.5) is 5.13 Å². The molecule has 0 N–H and O–H groups in total. The van der Waals surface area contributed by atoms with Crippen LogP contribution in [-0.4, -0.2) is 34.1 Å². The number of carbonyl (C=O) groups is 3. The van der Waals surface area contributed by atoms with Gasteiger partial charge in [-0.25, -0.2) is 4.98 Å². The van der Waals surface area contributed by atoms with E-state index in [2.05, 4.69) is 4.98 Å². The first-order valence-electron chi connectivity index (χ1n) is 4.98. The van der Waals surface area contributed by atoms with E-state index in [1.165, 1.54) is 41.1 Å². The average Bonchev–Trinajstić information content (AvgIpc) is 2.83. The lowest BCUT2D eigenvalue weighted by Gasteiger charge is -2.11. The van der Waals surface area contributed by atoms with Crippen LogP contribution in [0, 0.1) is 0 Å². The van der Waals surface area contributed by atoms with E-state index in [0.717, 1.165) is 0 Å². The molecule has 0 aromatic carbocycles. The molecular weight excluding hydrogens is 260 g/mol. The van der Waals surface area contributed by atoms with E-state index in [4.69, 9.17) is 0 Å². The summed E-state index contributed by atoms with van der Waals surface area (Å²) in [6.45, 7) is 1.97. The molecule has 0 aliphatic carbocycles. The molecule has 1 unspecified atom stereocenters. The molecule has 1 aromatic rings. The summed E-state index contributed by atoms with van der Waals surface area (Å²) in [6, 6.07) is 0. The lowest BCUT2D eigenvalue weighted by molar-refractivity contribution is -0.117. The number of hydrogen-bond donors (Lipinski definition) is 0. The Kier molecular flexibility index (Phi) is 3.58. The lowest BCUT2D eigenvalue weighted by Crippen LogP contribution is -2.24. The third-order valence-corrected chi connectivity index (χ3v) is 4.21. The van der Waals surface area contributed by atoms with Crippen LogP contribution < -0.4 is 4.90 Å². The van der Waals surface area contributed by atoms with Gasteiger partial charge >= 0.3 is 0 Å². The minimum Gasteiger partial charge on any atom is -0.297 e. The third-order valence-electron chi connectivity index (χ3n) is 2.28. The summed E-state index contributed by atoms with van der Waals surface area (Å²) in [7, 11) is 0. The highest BCUT2D eigenvalue weighted by Gasteiger charge is 2.33. The summed E-state index contributed by atoms with van der Waals surface area (Å²) in [5, 5.41) is 0.532. The quantitative estimate of drug-likeness (QED) is 0.775. The molecule has 2 heterocycles. The number of amides is 1. The second-order valence-electron chi connectivity index (χ2n) is 3.60. The number of aromatic nitrogens is 1. The summed E-state index contributed by atoms with van der Waals surface area (Å²) < 4.78 is 0. The third kappa shape index (κ3) is 2.73. The minimum atomic E-state index is -0.0458. The molecule has 1 atom stereocenters. The molecule has 1 aromatic heterocycles. The van der Waals surface area contributed by atoms with Crippen LogP contribution in [-0.2, 0) is 9.59 Å². The van der Waals surface area contributed by atoms with Gasteiger partial charge < -0.3 is 0 Å². The molecule has 0 bridgehead atoms. The smallest absolute Gasteiger partial charge is 0.230 e. The van der Waals surface area contributed by atoms with E-state index < -0.39 is 0 Å². The van der Waals surface area contributed by atoms with E-state index in [9.17, 15) is 14.4 Å². The highest BCUT2D eigenvalue weighted by Crippen LogP contribution is 2.30. The molecule has 0 radical (unpaired) electrons. The van der Waals surface area contributed by atoms with Gasteiger partial charge in [0.25, 0.3) is 0 Å². The number of thiazole rings is 1. The summed E-state index contributed by atoms with van der Waals surface area (Å²) >= 11 is 2.37. The molecule has 0 saturated carbocycles. The van der Waals surface area contributed by atoms with Gasteiger partial charge in [-0.2, -0.15) is 0 Å². The molecule has 5 nitrogen and oxygen atoms in total. The first-order chi connectivity index (χ1) is 8.10. The molecule has 1 aliphatic heterocycles. The Labute approximate surface area is 106 Å². The second-order valence-corrected chi connectivity index (χ2v) is 6.12. The summed E-state index contributed by atoms with van der Waals surface area (Å²) in [5.41, 5.74) is 0. The maximum absolute atomic E-state index is 11.7. The fraction of sp³-hybridized carbons (Fsp3) is 0.400. The summed E-state index contributed by atoms with van der Waals surface area (Å²) in [4.78, 5) is 39.3. The molecule has 1 saturated heterocycles. The largest absolute Gasteiger partial charge is 0.297 e. The molecular formula is C10H10N2O3S2. The van der Waals surface area contributed by atoms with E-state index >= 15 is 0 Å². The van der Waals surface area contributed by atoms with Crippen molar-refractivity contribution >= 4 is 45.5 Å². The van der Waals surface area contributed by atoms with Crippen molar-refractivity contribution in [3.8, 4) is 0 Å². The van der Waals surface area contributed by atoms with Crippen molar-refractivity contribution < 1.29 is 14.4 Å². The Bertz CT molecular complexity index is 472. The molecule has 1 fully saturated rings. The first-order valence-corrected chi connectivity index (χ1v) is 6.68. The Balaban J connectivity index is 2.09. The SMILES string of the molecule is CC(=O)SC1CC(=O)N(c2ncc(C=O)s2)C1. The Hall–Kier alpha value is -1.21. The van der Waals surface area contributed by atoms with Gasteiger partial charge in [-0.05, 0) is 0 Å². The highest BCUT2D eigenvalue weighted by molar-refractivity contribution is 8.14. The highest BCUT2D eigenvalue weighted by atomic mass is 32.2. The van der Waals surface area contributed by atoms with Crippen molar-refractivity contribution in [1.29, 1.82) is 0 Å². The zero-order chi connectivity index (χ0) is 12.4. The zero-order valence-corrected chi connectivity index (χ0v) is 10.7. The maximum Gasteiger partial charge on any atom is 0.230 e. The van der Waals surface area contributed by atoms with Gasteiger partial charge in [0.1, 0.15) is 0 Å². The van der Waals surface area contributed by atoms with Crippen molar-refractivity contribution in [3.05, 3.63) is 11.1 Å². The normalized spacial score (nSPS) is 19.7. The predicted octanol–water partition coefficient (Wildman–Crippen LogP) is 1.34. The number of carbonyl (C=O) groups excluding carboxylic acids is 3. The van der Waals surface area contributed by atoms with Crippen LogP contribution in [0.15, 0.2) is 6.20 Å². The first kappa shape index (κ1) is 12.3. The zero-order valence-electron chi connectivity index (χ0n) is 9.08. The van der Waals surface area contributed by atoms with Crippen molar-refractivity contribution in [2.75, 3.05) is 11.4 Å². The van der Waals surface area contributed by atoms with E-state index in [1.54, 1.807) is 0 Å². The van der Waals surface area contributed by atoms with Gasteiger partial charge in [-0.3, -0.25) is 19.3 Å². The van der Waals surface area contributed by atoms with Gasteiger partial charge in [0.15, 0.2) is 16.5 Å². The Morgan fingerprint density at radius 2 is 2.47 bits per heavy atom. The molecule has 90 valence electrons. The number of hydrogen-bond acceptors (Lipinski definition) is 6. The number of nitrogens with zero attached hydrogens (tertiary/aromatic N) is 2. The lowest BCUT2D eigenvalue weighted by atomic mass is 10.4. The topological polar surface area (TPSA) is 67.3 Å². The number of aldehydes is 1. The fourth-order valence-electron chi connectivity index (χ4n) is 1.63. The van der Waals surface area contributed by atoms with E-state index in [-0.39, 0.29) is 16.3 Å². The monoisotopic (exact) mass is 270 g/mol. The van der Waals surface area contributed by atoms with Gasteiger partial charge in [-0.15, -0.1) is 0 Å². The number of anilines is 1. The van der Waals surface area contributed by atoms with Crippen LogP contribution >= 0.6 is 23.1 Å². The standard InChI is InChI=1S/C10H10N2O3S2/c1-6(14)16-7-2-9(15)12(4-7)10-11-3-8(5-13)17-10/h3,5,7H,2,4H2,1H3. The molecule has 2 rings (SSSR count). The minimum absolute atomic E-state index is 0.0106. The van der Waals surface area contributed by atoms with Gasteiger partial charge in [-0.1, -0.05) is 23.1 Å². The molecule has 17 heavy (non-hydrogen) atoms. The Morgan fingerprint density at radius 3 is 3.06 bits per heavy atom. The Morgan fingerprint density at radius 1 is 1.71 bits per heavy atom. The van der Waals surface area contributed by atoms with Crippen LogP contribution in [0.5, 0.6) is 0 Å². The van der Waals surface area contributed by atoms with Gasteiger partial charge in [0.05, 0.1) is 11.1 Å².